The third kappa shape index (κ3) is 6.36. The summed E-state index contributed by atoms with van der Waals surface area (Å²) < 4.78 is 5.24. The Hall–Kier alpha value is -2.04. The maximum Gasteiger partial charge on any atom is 0.407 e. The molecule has 0 spiro atoms. The average molecular weight is 360 g/mol. The van der Waals surface area contributed by atoms with E-state index in [2.05, 4.69) is 17.4 Å². The van der Waals surface area contributed by atoms with E-state index in [1.54, 1.807) is 0 Å². The Morgan fingerprint density at radius 2 is 1.92 bits per heavy atom. The van der Waals surface area contributed by atoms with Crippen LogP contribution in [0.1, 0.15) is 52.5 Å². The highest BCUT2D eigenvalue weighted by Gasteiger charge is 2.30. The van der Waals surface area contributed by atoms with E-state index in [9.17, 15) is 9.59 Å². The summed E-state index contributed by atoms with van der Waals surface area (Å²) in [4.78, 5) is 26.8. The van der Waals surface area contributed by atoms with Crippen molar-refractivity contribution in [3.05, 3.63) is 35.9 Å². The highest BCUT2D eigenvalue weighted by atomic mass is 16.6. The molecule has 2 atom stereocenters. The summed E-state index contributed by atoms with van der Waals surface area (Å²) in [6, 6.07) is 10.6. The van der Waals surface area contributed by atoms with Crippen molar-refractivity contribution in [1.82, 2.24) is 10.2 Å². The van der Waals surface area contributed by atoms with Crippen molar-refractivity contribution < 1.29 is 14.3 Å². The number of carbonyl (C=O) groups excluding carboxylic acids is 2. The van der Waals surface area contributed by atoms with Crippen molar-refractivity contribution in [3.8, 4) is 0 Å². The third-order valence-electron chi connectivity index (χ3n) is 4.60. The molecule has 26 heavy (non-hydrogen) atoms. The Labute approximate surface area is 157 Å². The smallest absolute Gasteiger partial charge is 0.407 e. The van der Waals surface area contributed by atoms with E-state index in [1.807, 2.05) is 50.8 Å². The van der Waals surface area contributed by atoms with Gasteiger partial charge in [0.05, 0.1) is 5.92 Å². The van der Waals surface area contributed by atoms with Crippen molar-refractivity contribution in [2.24, 2.45) is 5.92 Å². The number of carbonyl (C=O) groups is 2. The van der Waals surface area contributed by atoms with Gasteiger partial charge in [0.25, 0.3) is 0 Å². The minimum atomic E-state index is -0.537. The van der Waals surface area contributed by atoms with Crippen LogP contribution >= 0.6 is 0 Å². The Kier molecular flexibility index (Phi) is 7.06. The number of rotatable bonds is 5. The van der Waals surface area contributed by atoms with E-state index < -0.39 is 11.7 Å². The molecule has 144 valence electrons. The van der Waals surface area contributed by atoms with E-state index >= 15 is 0 Å². The lowest BCUT2D eigenvalue weighted by atomic mass is 9.94. The molecule has 1 aliphatic heterocycles. The molecular formula is C21H32N2O3. The predicted octanol–water partition coefficient (Wildman–Crippen LogP) is 3.77. The molecule has 1 fully saturated rings. The van der Waals surface area contributed by atoms with Crippen LogP contribution in [0.3, 0.4) is 0 Å². The topological polar surface area (TPSA) is 58.6 Å². The Morgan fingerprint density at radius 3 is 2.58 bits per heavy atom. The predicted molar refractivity (Wildman–Crippen MR) is 103 cm³/mol. The Morgan fingerprint density at radius 1 is 1.23 bits per heavy atom. The monoisotopic (exact) mass is 360 g/mol. The van der Waals surface area contributed by atoms with Gasteiger partial charge in [0.15, 0.2) is 0 Å². The van der Waals surface area contributed by atoms with Gasteiger partial charge in [0, 0.05) is 19.1 Å². The van der Waals surface area contributed by atoms with Gasteiger partial charge in [-0.1, -0.05) is 37.3 Å². The summed E-state index contributed by atoms with van der Waals surface area (Å²) in [5, 5.41) is 2.71. The van der Waals surface area contributed by atoms with E-state index in [0.717, 1.165) is 32.2 Å². The maximum atomic E-state index is 12.9. The van der Waals surface area contributed by atoms with Crippen LogP contribution in [0.15, 0.2) is 30.3 Å². The van der Waals surface area contributed by atoms with Crippen LogP contribution in [0.25, 0.3) is 0 Å². The third-order valence-corrected chi connectivity index (χ3v) is 4.60. The molecule has 5 nitrogen and oxygen atoms in total. The molecule has 0 bridgehead atoms. The van der Waals surface area contributed by atoms with Crippen LogP contribution in [0.5, 0.6) is 0 Å². The fourth-order valence-electron chi connectivity index (χ4n) is 3.31. The fourth-order valence-corrected chi connectivity index (χ4v) is 3.31. The summed E-state index contributed by atoms with van der Waals surface area (Å²) in [7, 11) is 0. The van der Waals surface area contributed by atoms with Crippen molar-refractivity contribution in [1.29, 1.82) is 0 Å². The molecule has 1 heterocycles. The molecule has 1 aromatic rings. The summed E-state index contributed by atoms with van der Waals surface area (Å²) >= 11 is 0. The van der Waals surface area contributed by atoms with Crippen LogP contribution < -0.4 is 5.32 Å². The van der Waals surface area contributed by atoms with E-state index in [0.29, 0.717) is 6.54 Å². The molecule has 1 N–H and O–H groups in total. The van der Waals surface area contributed by atoms with Gasteiger partial charge in [0.2, 0.25) is 5.91 Å². The minimum absolute atomic E-state index is 0.113. The lowest BCUT2D eigenvalue weighted by Gasteiger charge is -2.37. The zero-order valence-corrected chi connectivity index (χ0v) is 16.5. The summed E-state index contributed by atoms with van der Waals surface area (Å²) in [5.74, 6) is -0.152. The van der Waals surface area contributed by atoms with Gasteiger partial charge >= 0.3 is 6.09 Å². The van der Waals surface area contributed by atoms with Crippen LogP contribution in [0, 0.1) is 5.92 Å². The molecule has 1 aliphatic rings. The van der Waals surface area contributed by atoms with Gasteiger partial charge in [-0.15, -0.1) is 0 Å². The Bertz CT molecular complexity index is 595. The van der Waals surface area contributed by atoms with E-state index in [1.165, 1.54) is 5.56 Å². The maximum absolute atomic E-state index is 12.9. The fraction of sp³-hybridized carbons (Fsp3) is 0.619. The van der Waals surface area contributed by atoms with Gasteiger partial charge in [-0.3, -0.25) is 4.79 Å². The number of hydrogen-bond acceptors (Lipinski definition) is 3. The van der Waals surface area contributed by atoms with Gasteiger partial charge in [-0.05, 0) is 52.0 Å². The Balaban J connectivity index is 1.91. The quantitative estimate of drug-likeness (QED) is 0.869. The lowest BCUT2D eigenvalue weighted by molar-refractivity contribution is -0.138. The second kappa shape index (κ2) is 9.06. The summed E-state index contributed by atoms with van der Waals surface area (Å²) in [6.45, 7) is 8.43. The first kappa shape index (κ1) is 20.3. The normalized spacial score (nSPS) is 18.9. The molecule has 1 saturated heterocycles. The van der Waals surface area contributed by atoms with Gasteiger partial charge in [-0.25, -0.2) is 4.79 Å². The minimum Gasteiger partial charge on any atom is -0.444 e. The number of benzene rings is 1. The highest BCUT2D eigenvalue weighted by molar-refractivity contribution is 5.80. The van der Waals surface area contributed by atoms with Crippen LogP contribution in [0.2, 0.25) is 0 Å². The molecule has 5 heteroatoms. The molecular weight excluding hydrogens is 328 g/mol. The number of amides is 2. The largest absolute Gasteiger partial charge is 0.444 e. The number of piperidine rings is 1. The molecule has 0 aromatic heterocycles. The van der Waals surface area contributed by atoms with Gasteiger partial charge in [0.1, 0.15) is 5.60 Å². The second-order valence-corrected chi connectivity index (χ2v) is 8.15. The van der Waals surface area contributed by atoms with Crippen molar-refractivity contribution >= 4 is 12.0 Å². The van der Waals surface area contributed by atoms with Crippen molar-refractivity contribution in [2.45, 2.75) is 65.0 Å². The van der Waals surface area contributed by atoms with Crippen molar-refractivity contribution in [3.63, 3.8) is 0 Å². The zero-order chi connectivity index (χ0) is 19.2. The first-order chi connectivity index (χ1) is 12.3. The standard InChI is InChI=1S/C21H32N2O3/c1-16(15-22-20(25)26-21(2,3)4)19(24)23-13-9-8-12-18(23)14-17-10-6-5-7-11-17/h5-7,10-11,16,18H,8-9,12-15H2,1-4H3,(H,22,25)/t16-,18-/m1/s1. The average Bonchev–Trinajstić information content (AvgIpc) is 2.59. The lowest BCUT2D eigenvalue weighted by Crippen LogP contribution is -2.49. The van der Waals surface area contributed by atoms with Crippen LogP contribution in [-0.2, 0) is 16.0 Å². The molecule has 0 unspecified atom stereocenters. The van der Waals surface area contributed by atoms with Crippen molar-refractivity contribution in [2.75, 3.05) is 13.1 Å². The first-order valence-corrected chi connectivity index (χ1v) is 9.57. The second-order valence-electron chi connectivity index (χ2n) is 8.15. The molecule has 1 aromatic carbocycles. The molecule has 2 rings (SSSR count). The highest BCUT2D eigenvalue weighted by Crippen LogP contribution is 2.22. The number of nitrogens with one attached hydrogen (secondary N) is 1. The molecule has 2 amide bonds. The summed E-state index contributed by atoms with van der Waals surface area (Å²) in [6.07, 6.45) is 3.65. The number of ether oxygens (including phenoxy) is 1. The molecule has 0 aliphatic carbocycles. The van der Waals surface area contributed by atoms with E-state index in [4.69, 9.17) is 4.74 Å². The molecule has 0 saturated carbocycles. The number of hydrogen-bond donors (Lipinski definition) is 1. The SMILES string of the molecule is C[C@H](CNC(=O)OC(C)(C)C)C(=O)N1CCCC[C@@H]1Cc1ccccc1. The zero-order valence-electron chi connectivity index (χ0n) is 16.5. The first-order valence-electron chi connectivity index (χ1n) is 9.57. The number of nitrogens with zero attached hydrogens (tertiary/aromatic N) is 1. The summed E-state index contributed by atoms with van der Waals surface area (Å²) in [5.41, 5.74) is 0.724. The van der Waals surface area contributed by atoms with Crippen LogP contribution in [-0.4, -0.2) is 41.6 Å². The number of likely N-dealkylation sites (tertiary alicyclic amines) is 1. The van der Waals surface area contributed by atoms with Crippen LogP contribution in [0.4, 0.5) is 4.79 Å². The van der Waals surface area contributed by atoms with E-state index in [-0.39, 0.29) is 17.9 Å². The number of alkyl carbamates (subject to hydrolysis) is 1. The molecule has 0 radical (unpaired) electrons. The van der Waals surface area contributed by atoms with Gasteiger partial charge in [-0.2, -0.15) is 0 Å². The van der Waals surface area contributed by atoms with Gasteiger partial charge < -0.3 is 15.0 Å².